The van der Waals surface area contributed by atoms with Gasteiger partial charge in [0.2, 0.25) is 0 Å². The minimum atomic E-state index is -1.82. The summed E-state index contributed by atoms with van der Waals surface area (Å²) in [6, 6.07) is 6.32. The van der Waals surface area contributed by atoms with E-state index in [-0.39, 0.29) is 0 Å². The number of aryl methyl sites for hydroxylation is 2. The van der Waals surface area contributed by atoms with Crippen molar-refractivity contribution in [2.45, 2.75) is 32.7 Å². The van der Waals surface area contributed by atoms with Gasteiger partial charge in [0.05, 0.1) is 12.9 Å². The first-order valence-electron chi connectivity index (χ1n) is 8.19. The molecular weight excluding hydrogens is 336 g/mol. The van der Waals surface area contributed by atoms with Crippen LogP contribution in [0.3, 0.4) is 0 Å². The predicted molar refractivity (Wildman–Crippen MR) is 97.3 cm³/mol. The van der Waals surface area contributed by atoms with Gasteiger partial charge < -0.3 is 19.5 Å². The van der Waals surface area contributed by atoms with Crippen LogP contribution >= 0.6 is 0 Å². The second kappa shape index (κ2) is 11.5. The summed E-state index contributed by atoms with van der Waals surface area (Å²) in [7, 11) is 0. The number of carboxylic acids is 2. The van der Waals surface area contributed by atoms with E-state index in [9.17, 15) is 0 Å². The molecule has 2 N–H and O–H groups in total. The summed E-state index contributed by atoms with van der Waals surface area (Å²) >= 11 is 0. The molecule has 1 aromatic carbocycles. The molecule has 0 spiro atoms. The number of hydrogen-bond donors (Lipinski definition) is 2. The molecule has 0 bridgehead atoms. The highest BCUT2D eigenvalue weighted by molar-refractivity contribution is 6.27. The lowest BCUT2D eigenvalue weighted by molar-refractivity contribution is -0.159. The minimum Gasteiger partial charge on any atom is -0.493 e. The smallest absolute Gasteiger partial charge is 0.414 e. The lowest BCUT2D eigenvalue weighted by Gasteiger charge is -2.11. The Balaban J connectivity index is 0.000000487. The lowest BCUT2D eigenvalue weighted by Crippen LogP contribution is -2.09. The maximum atomic E-state index is 9.10. The Morgan fingerprint density at radius 3 is 2.58 bits per heavy atom. The Labute approximate surface area is 152 Å². The molecule has 0 saturated carbocycles. The fourth-order valence-corrected chi connectivity index (χ4v) is 2.16. The van der Waals surface area contributed by atoms with Gasteiger partial charge in [0.25, 0.3) is 0 Å². The highest BCUT2D eigenvalue weighted by Gasteiger charge is 2.04. The molecule has 7 nitrogen and oxygen atoms in total. The third kappa shape index (κ3) is 8.14. The van der Waals surface area contributed by atoms with Crippen molar-refractivity contribution in [3.63, 3.8) is 0 Å². The standard InChI is InChI=1S/C17H22N2O.C2H2O4/c1-3-6-16-13-15(2)7-8-17(16)20-12-5-4-10-19-11-9-18-14-19;3-1(4)2(5)6/h3,7-9,11,13-14H,1,4-6,10,12H2,2H3;(H,3,4)(H,5,6). The van der Waals surface area contributed by atoms with Crippen LogP contribution in [0.4, 0.5) is 0 Å². The predicted octanol–water partition coefficient (Wildman–Crippen LogP) is 2.93. The summed E-state index contributed by atoms with van der Waals surface area (Å²) in [5.41, 5.74) is 2.48. The summed E-state index contributed by atoms with van der Waals surface area (Å²) in [5, 5.41) is 14.8. The third-order valence-corrected chi connectivity index (χ3v) is 3.39. The molecule has 0 aliphatic carbocycles. The van der Waals surface area contributed by atoms with Crippen LogP contribution in [-0.2, 0) is 22.6 Å². The topological polar surface area (TPSA) is 102 Å². The summed E-state index contributed by atoms with van der Waals surface area (Å²) in [6.07, 6.45) is 10.6. The number of imidazole rings is 1. The molecule has 0 unspecified atom stereocenters. The van der Waals surface area contributed by atoms with Gasteiger partial charge >= 0.3 is 11.9 Å². The minimum absolute atomic E-state index is 0.752. The molecule has 7 heteroatoms. The number of unbranched alkanes of at least 4 members (excludes halogenated alkanes) is 1. The fraction of sp³-hybridized carbons (Fsp3) is 0.316. The van der Waals surface area contributed by atoms with Crippen molar-refractivity contribution in [1.29, 1.82) is 0 Å². The van der Waals surface area contributed by atoms with Gasteiger partial charge in [0, 0.05) is 18.9 Å². The molecule has 26 heavy (non-hydrogen) atoms. The zero-order valence-electron chi connectivity index (χ0n) is 14.8. The molecule has 1 heterocycles. The second-order valence-electron chi connectivity index (χ2n) is 5.57. The second-order valence-corrected chi connectivity index (χ2v) is 5.57. The molecule has 0 amide bonds. The molecular formula is C19H24N2O5. The maximum absolute atomic E-state index is 9.10. The third-order valence-electron chi connectivity index (χ3n) is 3.39. The first-order chi connectivity index (χ1) is 12.4. The van der Waals surface area contributed by atoms with Crippen molar-refractivity contribution in [3.05, 3.63) is 60.7 Å². The first kappa shape index (κ1) is 21.0. The molecule has 0 saturated heterocycles. The van der Waals surface area contributed by atoms with E-state index < -0.39 is 11.9 Å². The molecule has 0 radical (unpaired) electrons. The molecule has 1 aromatic heterocycles. The van der Waals surface area contributed by atoms with Gasteiger partial charge in [-0.3, -0.25) is 0 Å². The number of nitrogens with zero attached hydrogens (tertiary/aromatic N) is 2. The zero-order chi connectivity index (χ0) is 19.4. The van der Waals surface area contributed by atoms with Crippen LogP contribution in [0.25, 0.3) is 0 Å². The summed E-state index contributed by atoms with van der Waals surface area (Å²) in [5.74, 6) is -2.66. The van der Waals surface area contributed by atoms with Crippen molar-refractivity contribution >= 4 is 11.9 Å². The number of carbonyl (C=O) groups is 2. The van der Waals surface area contributed by atoms with Crippen LogP contribution in [0.2, 0.25) is 0 Å². The Morgan fingerprint density at radius 1 is 1.27 bits per heavy atom. The van der Waals surface area contributed by atoms with E-state index in [0.29, 0.717) is 0 Å². The Morgan fingerprint density at radius 2 is 2.00 bits per heavy atom. The molecule has 0 aliphatic heterocycles. The summed E-state index contributed by atoms with van der Waals surface area (Å²) in [4.78, 5) is 22.2. The Kier molecular flexibility index (Phi) is 9.24. The maximum Gasteiger partial charge on any atom is 0.414 e. The number of rotatable bonds is 8. The molecule has 0 fully saturated rings. The highest BCUT2D eigenvalue weighted by atomic mass is 16.5. The Bertz CT molecular complexity index is 699. The van der Waals surface area contributed by atoms with E-state index in [2.05, 4.69) is 41.3 Å². The molecule has 0 atom stereocenters. The van der Waals surface area contributed by atoms with E-state index >= 15 is 0 Å². The zero-order valence-corrected chi connectivity index (χ0v) is 14.8. The van der Waals surface area contributed by atoms with Crippen molar-refractivity contribution in [1.82, 2.24) is 9.55 Å². The van der Waals surface area contributed by atoms with Crippen molar-refractivity contribution in [3.8, 4) is 5.75 Å². The number of carboxylic acid groups (broad SMARTS) is 2. The average molecular weight is 360 g/mol. The fourth-order valence-electron chi connectivity index (χ4n) is 2.16. The van der Waals surface area contributed by atoms with Gasteiger partial charge in [-0.1, -0.05) is 23.8 Å². The largest absolute Gasteiger partial charge is 0.493 e. The molecule has 0 aliphatic rings. The van der Waals surface area contributed by atoms with Gasteiger partial charge in [-0.25, -0.2) is 14.6 Å². The van der Waals surface area contributed by atoms with E-state index in [4.69, 9.17) is 24.5 Å². The van der Waals surface area contributed by atoms with E-state index in [1.165, 1.54) is 11.1 Å². The van der Waals surface area contributed by atoms with Crippen LogP contribution in [0, 0.1) is 6.92 Å². The number of allylic oxidation sites excluding steroid dienone is 1. The molecule has 2 aromatic rings. The van der Waals surface area contributed by atoms with Crippen molar-refractivity contribution < 1.29 is 24.5 Å². The van der Waals surface area contributed by atoms with E-state index in [1.807, 2.05) is 24.8 Å². The van der Waals surface area contributed by atoms with Crippen LogP contribution in [0.15, 0.2) is 49.6 Å². The lowest BCUT2D eigenvalue weighted by atomic mass is 10.1. The van der Waals surface area contributed by atoms with Gasteiger partial charge in [-0.2, -0.15) is 0 Å². The van der Waals surface area contributed by atoms with Crippen LogP contribution < -0.4 is 4.74 Å². The first-order valence-corrected chi connectivity index (χ1v) is 8.19. The average Bonchev–Trinajstić information content (AvgIpc) is 3.10. The van der Waals surface area contributed by atoms with Gasteiger partial charge in [-0.15, -0.1) is 6.58 Å². The Hall–Kier alpha value is -3.09. The quantitative estimate of drug-likeness (QED) is 0.426. The van der Waals surface area contributed by atoms with Crippen LogP contribution in [-0.4, -0.2) is 38.3 Å². The normalized spacial score (nSPS) is 9.73. The summed E-state index contributed by atoms with van der Waals surface area (Å²) < 4.78 is 7.98. The monoisotopic (exact) mass is 360 g/mol. The SMILES string of the molecule is C=CCc1cc(C)ccc1OCCCCn1ccnc1.O=C(O)C(=O)O. The van der Waals surface area contributed by atoms with E-state index in [0.717, 1.165) is 38.2 Å². The number of aliphatic carboxylic acids is 2. The van der Waals surface area contributed by atoms with E-state index in [1.54, 1.807) is 0 Å². The van der Waals surface area contributed by atoms with Crippen molar-refractivity contribution in [2.24, 2.45) is 0 Å². The number of benzene rings is 1. The highest BCUT2D eigenvalue weighted by Crippen LogP contribution is 2.21. The van der Waals surface area contributed by atoms with Gasteiger partial charge in [0.1, 0.15) is 5.75 Å². The van der Waals surface area contributed by atoms with Crippen LogP contribution in [0.5, 0.6) is 5.75 Å². The number of hydrogen-bond acceptors (Lipinski definition) is 4. The molecule has 140 valence electrons. The van der Waals surface area contributed by atoms with Gasteiger partial charge in [-0.05, 0) is 37.8 Å². The molecule has 2 rings (SSSR count). The van der Waals surface area contributed by atoms with Gasteiger partial charge in [0.15, 0.2) is 0 Å². The van der Waals surface area contributed by atoms with Crippen LogP contribution in [0.1, 0.15) is 24.0 Å². The number of aromatic nitrogens is 2. The van der Waals surface area contributed by atoms with Crippen molar-refractivity contribution in [2.75, 3.05) is 6.61 Å². The summed E-state index contributed by atoms with van der Waals surface area (Å²) in [6.45, 7) is 7.65. The number of ether oxygens (including phenoxy) is 1.